The van der Waals surface area contributed by atoms with E-state index in [9.17, 15) is 4.79 Å². The van der Waals surface area contributed by atoms with Gasteiger partial charge in [-0.25, -0.2) is 0 Å². The van der Waals surface area contributed by atoms with E-state index in [4.69, 9.17) is 14.2 Å². The molecule has 24 heavy (non-hydrogen) atoms. The van der Waals surface area contributed by atoms with Crippen LogP contribution in [0.5, 0.6) is 5.75 Å². The third kappa shape index (κ3) is 3.42. The molecule has 0 aliphatic carbocycles. The van der Waals surface area contributed by atoms with Gasteiger partial charge in [-0.05, 0) is 24.6 Å². The Bertz CT molecular complexity index is 701. The second-order valence-electron chi connectivity index (χ2n) is 5.58. The van der Waals surface area contributed by atoms with E-state index in [1.54, 1.807) is 20.3 Å². The minimum atomic E-state index is -0.235. The molecule has 128 valence electrons. The summed E-state index contributed by atoms with van der Waals surface area (Å²) in [5.74, 6) is 0.470. The van der Waals surface area contributed by atoms with Gasteiger partial charge in [-0.15, -0.1) is 0 Å². The van der Waals surface area contributed by atoms with E-state index in [1.165, 1.54) is 0 Å². The summed E-state index contributed by atoms with van der Waals surface area (Å²) in [5.41, 5.74) is 1.86. The smallest absolute Gasteiger partial charge is 0.269 e. The zero-order chi connectivity index (χ0) is 16.9. The third-order valence-corrected chi connectivity index (χ3v) is 4.12. The van der Waals surface area contributed by atoms with E-state index < -0.39 is 0 Å². The van der Waals surface area contributed by atoms with E-state index in [0.717, 1.165) is 12.0 Å². The maximum absolute atomic E-state index is 12.4. The number of nitrogens with one attached hydrogen (secondary N) is 2. The molecule has 2 atom stereocenters. The van der Waals surface area contributed by atoms with Crippen molar-refractivity contribution >= 4 is 5.91 Å². The Morgan fingerprint density at radius 1 is 1.38 bits per heavy atom. The maximum Gasteiger partial charge on any atom is 0.269 e. The van der Waals surface area contributed by atoms with Crippen LogP contribution in [-0.2, 0) is 9.47 Å². The molecule has 2 N–H and O–H groups in total. The minimum Gasteiger partial charge on any atom is -0.496 e. The first kappa shape index (κ1) is 16.5. The second kappa shape index (κ2) is 7.46. The molecule has 1 aliphatic heterocycles. The molecule has 0 unspecified atom stereocenters. The number of aromatic nitrogens is 2. The molecule has 1 amide bonds. The molecule has 1 fully saturated rings. The first-order valence-electron chi connectivity index (χ1n) is 7.83. The molecule has 2 aromatic rings. The van der Waals surface area contributed by atoms with Crippen LogP contribution in [0, 0.1) is 0 Å². The number of H-pyrrole nitrogens is 1. The molecular formula is C17H21N3O4. The van der Waals surface area contributed by atoms with Crippen molar-refractivity contribution in [2.24, 2.45) is 0 Å². The minimum absolute atomic E-state index is 0.0423. The quantitative estimate of drug-likeness (QED) is 0.869. The van der Waals surface area contributed by atoms with Gasteiger partial charge in [0.15, 0.2) is 0 Å². The van der Waals surface area contributed by atoms with Gasteiger partial charge in [0, 0.05) is 19.3 Å². The van der Waals surface area contributed by atoms with Crippen LogP contribution in [0.1, 0.15) is 16.9 Å². The largest absolute Gasteiger partial charge is 0.496 e. The highest BCUT2D eigenvalue weighted by Gasteiger charge is 2.28. The predicted octanol–water partition coefficient (Wildman–Crippen LogP) is 1.62. The van der Waals surface area contributed by atoms with Gasteiger partial charge in [0.25, 0.3) is 5.91 Å². The van der Waals surface area contributed by atoms with Crippen LogP contribution >= 0.6 is 0 Å². The first-order chi connectivity index (χ1) is 11.7. The number of carbonyl (C=O) groups is 1. The monoisotopic (exact) mass is 331 g/mol. The normalized spacial score (nSPS) is 20.6. The van der Waals surface area contributed by atoms with Gasteiger partial charge in [0.2, 0.25) is 0 Å². The van der Waals surface area contributed by atoms with Gasteiger partial charge in [0.05, 0.1) is 31.6 Å². The Morgan fingerprint density at radius 3 is 3.00 bits per heavy atom. The molecular weight excluding hydrogens is 310 g/mol. The second-order valence-corrected chi connectivity index (χ2v) is 5.58. The fourth-order valence-corrected chi connectivity index (χ4v) is 2.81. The number of nitrogens with zero attached hydrogens (tertiary/aromatic N) is 1. The highest BCUT2D eigenvalue weighted by Crippen LogP contribution is 2.28. The molecule has 2 heterocycles. The number of aromatic amines is 1. The standard InChI is InChI=1S/C17H21N3O4/c1-22-15-6-4-3-5-11(15)12-9-13(20-19-12)17(21)18-14-10-24-8-7-16(14)23-2/h3-6,9,14,16H,7-8,10H2,1-2H3,(H,18,21)(H,19,20)/t14-,16-/m1/s1. The predicted molar refractivity (Wildman–Crippen MR) is 88.1 cm³/mol. The van der Waals surface area contributed by atoms with Crippen LogP contribution in [0.2, 0.25) is 0 Å². The van der Waals surface area contributed by atoms with E-state index in [1.807, 2.05) is 24.3 Å². The van der Waals surface area contributed by atoms with Crippen LogP contribution < -0.4 is 10.1 Å². The van der Waals surface area contributed by atoms with Crippen molar-refractivity contribution in [2.75, 3.05) is 27.4 Å². The van der Waals surface area contributed by atoms with Crippen molar-refractivity contribution < 1.29 is 19.0 Å². The van der Waals surface area contributed by atoms with Crippen LogP contribution in [0.4, 0.5) is 0 Å². The lowest BCUT2D eigenvalue weighted by Gasteiger charge is -2.30. The van der Waals surface area contributed by atoms with Gasteiger partial charge in [-0.1, -0.05) is 12.1 Å². The molecule has 7 heteroatoms. The number of carbonyl (C=O) groups excluding carboxylic acids is 1. The first-order valence-corrected chi connectivity index (χ1v) is 7.83. The maximum atomic E-state index is 12.4. The summed E-state index contributed by atoms with van der Waals surface area (Å²) in [6, 6.07) is 9.07. The Morgan fingerprint density at radius 2 is 2.21 bits per heavy atom. The lowest BCUT2D eigenvalue weighted by atomic mass is 10.1. The lowest BCUT2D eigenvalue weighted by molar-refractivity contribution is -0.0349. The number of methoxy groups -OCH3 is 2. The van der Waals surface area contributed by atoms with E-state index >= 15 is 0 Å². The van der Waals surface area contributed by atoms with Crippen LogP contribution in [0.15, 0.2) is 30.3 Å². The van der Waals surface area contributed by atoms with Crippen LogP contribution in [-0.4, -0.2) is 55.7 Å². The molecule has 1 aromatic carbocycles. The van der Waals surface area contributed by atoms with E-state index in [0.29, 0.717) is 30.4 Å². The lowest BCUT2D eigenvalue weighted by Crippen LogP contribution is -2.50. The zero-order valence-corrected chi connectivity index (χ0v) is 13.7. The molecule has 0 radical (unpaired) electrons. The Hall–Kier alpha value is -2.38. The summed E-state index contributed by atoms with van der Waals surface area (Å²) in [5, 5.41) is 9.94. The summed E-state index contributed by atoms with van der Waals surface area (Å²) in [6.07, 6.45) is 0.718. The topological polar surface area (TPSA) is 85.5 Å². The van der Waals surface area contributed by atoms with Gasteiger partial charge in [0.1, 0.15) is 11.4 Å². The zero-order valence-electron chi connectivity index (χ0n) is 13.7. The number of ether oxygens (including phenoxy) is 3. The number of benzene rings is 1. The number of hydrogen-bond donors (Lipinski definition) is 2. The molecule has 1 aromatic heterocycles. The number of hydrogen-bond acceptors (Lipinski definition) is 5. The Labute approximate surface area is 140 Å². The highest BCUT2D eigenvalue weighted by molar-refractivity contribution is 5.93. The number of para-hydroxylation sites is 1. The Balaban J connectivity index is 1.74. The summed E-state index contributed by atoms with van der Waals surface area (Å²) < 4.78 is 16.2. The van der Waals surface area contributed by atoms with E-state index in [2.05, 4.69) is 15.5 Å². The van der Waals surface area contributed by atoms with Crippen molar-refractivity contribution in [1.29, 1.82) is 0 Å². The van der Waals surface area contributed by atoms with E-state index in [-0.39, 0.29) is 18.1 Å². The molecule has 7 nitrogen and oxygen atoms in total. The van der Waals surface area contributed by atoms with Crippen LogP contribution in [0.3, 0.4) is 0 Å². The average Bonchev–Trinajstić information content (AvgIpc) is 3.12. The van der Waals surface area contributed by atoms with Crippen molar-refractivity contribution in [3.05, 3.63) is 36.0 Å². The number of rotatable bonds is 5. The fourth-order valence-electron chi connectivity index (χ4n) is 2.81. The van der Waals surface area contributed by atoms with Gasteiger partial charge < -0.3 is 19.5 Å². The van der Waals surface area contributed by atoms with Crippen molar-refractivity contribution in [3.8, 4) is 17.0 Å². The highest BCUT2D eigenvalue weighted by atomic mass is 16.5. The molecule has 0 bridgehead atoms. The average molecular weight is 331 g/mol. The molecule has 3 rings (SSSR count). The molecule has 1 aliphatic rings. The van der Waals surface area contributed by atoms with Gasteiger partial charge >= 0.3 is 0 Å². The fraction of sp³-hybridized carbons (Fsp3) is 0.412. The molecule has 0 saturated carbocycles. The van der Waals surface area contributed by atoms with Crippen molar-refractivity contribution in [1.82, 2.24) is 15.5 Å². The summed E-state index contributed by atoms with van der Waals surface area (Å²) in [6.45, 7) is 1.09. The SMILES string of the molecule is COc1ccccc1-c1cc(C(=O)N[C@@H]2COCC[C@H]2OC)[nH]n1. The third-order valence-electron chi connectivity index (χ3n) is 4.12. The summed E-state index contributed by atoms with van der Waals surface area (Å²) in [7, 11) is 3.25. The van der Waals surface area contributed by atoms with Crippen molar-refractivity contribution in [3.63, 3.8) is 0 Å². The molecule has 0 spiro atoms. The molecule has 1 saturated heterocycles. The van der Waals surface area contributed by atoms with Crippen molar-refractivity contribution in [2.45, 2.75) is 18.6 Å². The van der Waals surface area contributed by atoms with Crippen LogP contribution in [0.25, 0.3) is 11.3 Å². The van der Waals surface area contributed by atoms with Gasteiger partial charge in [-0.3, -0.25) is 9.89 Å². The number of amides is 1. The summed E-state index contributed by atoms with van der Waals surface area (Å²) in [4.78, 5) is 12.4. The summed E-state index contributed by atoms with van der Waals surface area (Å²) >= 11 is 0. The Kier molecular flexibility index (Phi) is 5.12. The van der Waals surface area contributed by atoms with Gasteiger partial charge in [-0.2, -0.15) is 5.10 Å².